The number of aryl methyl sites for hydroxylation is 1. The van der Waals surface area contributed by atoms with Gasteiger partial charge >= 0.3 is 0 Å². The Bertz CT molecular complexity index is 432. The Labute approximate surface area is 118 Å². The summed E-state index contributed by atoms with van der Waals surface area (Å²) in [6.45, 7) is 7.14. The zero-order valence-electron chi connectivity index (χ0n) is 12.1. The lowest BCUT2D eigenvalue weighted by atomic mass is 10.2. The molecule has 1 unspecified atom stereocenters. The Hall–Kier alpha value is -1.01. The number of hydrogen-bond donors (Lipinski definition) is 2. The second-order valence-electron chi connectivity index (χ2n) is 4.61. The quantitative estimate of drug-likeness (QED) is 0.785. The molecule has 0 aliphatic carbocycles. The summed E-state index contributed by atoms with van der Waals surface area (Å²) in [5, 5.41) is 16.7. The normalized spacial score (nSPS) is 12.5. The fourth-order valence-corrected chi connectivity index (χ4v) is 2.23. The Balaban J connectivity index is 2.37. The zero-order chi connectivity index (χ0) is 14.4. The molecular weight excluding hydrogens is 262 g/mol. The highest BCUT2D eigenvalue weighted by molar-refractivity contribution is 7.98. The minimum Gasteiger partial charge on any atom is -0.383 e. The molecule has 1 heterocycles. The van der Waals surface area contributed by atoms with Gasteiger partial charge in [-0.05, 0) is 44.8 Å². The molecule has 0 saturated heterocycles. The number of thioether (sulfide) groups is 1. The van der Waals surface area contributed by atoms with Crippen molar-refractivity contribution in [1.29, 1.82) is 0 Å². The van der Waals surface area contributed by atoms with E-state index < -0.39 is 6.10 Å². The van der Waals surface area contributed by atoms with Gasteiger partial charge in [0.15, 0.2) is 0 Å². The molecule has 1 aromatic rings. The fourth-order valence-electron chi connectivity index (χ4n) is 1.77. The standard InChI is InChI=1S/C13H23N3O2S/c1-9-10(2)15-16(11(9)3)7-6-14-13(18)12(17)5-8-19-4/h12,17H,5-8H2,1-4H3,(H,14,18). The third kappa shape index (κ3) is 4.54. The first kappa shape index (κ1) is 16.0. The summed E-state index contributed by atoms with van der Waals surface area (Å²) in [6, 6.07) is 0. The van der Waals surface area contributed by atoms with Crippen molar-refractivity contribution >= 4 is 17.7 Å². The summed E-state index contributed by atoms with van der Waals surface area (Å²) in [7, 11) is 0. The first-order valence-electron chi connectivity index (χ1n) is 6.42. The van der Waals surface area contributed by atoms with Gasteiger partial charge in [-0.3, -0.25) is 9.48 Å². The van der Waals surface area contributed by atoms with E-state index in [2.05, 4.69) is 10.4 Å². The summed E-state index contributed by atoms with van der Waals surface area (Å²) in [5.74, 6) is 0.484. The average molecular weight is 285 g/mol. The molecule has 0 fully saturated rings. The molecule has 0 radical (unpaired) electrons. The lowest BCUT2D eigenvalue weighted by Gasteiger charge is -2.11. The first-order valence-corrected chi connectivity index (χ1v) is 7.82. The van der Waals surface area contributed by atoms with Gasteiger partial charge in [0.25, 0.3) is 0 Å². The highest BCUT2D eigenvalue weighted by Gasteiger charge is 2.14. The van der Waals surface area contributed by atoms with E-state index in [0.29, 0.717) is 19.5 Å². The van der Waals surface area contributed by atoms with Crippen LogP contribution in [0.15, 0.2) is 0 Å². The van der Waals surface area contributed by atoms with E-state index in [1.807, 2.05) is 31.7 Å². The number of carbonyl (C=O) groups is 1. The van der Waals surface area contributed by atoms with Gasteiger partial charge in [0.1, 0.15) is 6.10 Å². The van der Waals surface area contributed by atoms with Crippen LogP contribution in [0, 0.1) is 20.8 Å². The van der Waals surface area contributed by atoms with Crippen LogP contribution in [0.4, 0.5) is 0 Å². The number of aliphatic hydroxyl groups excluding tert-OH is 1. The van der Waals surface area contributed by atoms with E-state index in [0.717, 1.165) is 17.1 Å². The van der Waals surface area contributed by atoms with Crippen LogP contribution in [0.5, 0.6) is 0 Å². The number of carbonyl (C=O) groups excluding carboxylic acids is 1. The van der Waals surface area contributed by atoms with Crippen LogP contribution < -0.4 is 5.32 Å². The lowest BCUT2D eigenvalue weighted by Crippen LogP contribution is -2.36. The van der Waals surface area contributed by atoms with E-state index in [-0.39, 0.29) is 5.91 Å². The van der Waals surface area contributed by atoms with Crippen molar-refractivity contribution in [3.8, 4) is 0 Å². The molecule has 2 N–H and O–H groups in total. The molecule has 0 spiro atoms. The average Bonchev–Trinajstić information content (AvgIpc) is 2.63. The molecule has 1 atom stereocenters. The first-order chi connectivity index (χ1) is 8.97. The van der Waals surface area contributed by atoms with Gasteiger partial charge in [-0.2, -0.15) is 16.9 Å². The van der Waals surface area contributed by atoms with Crippen LogP contribution in [0.1, 0.15) is 23.4 Å². The molecule has 6 heteroatoms. The monoisotopic (exact) mass is 285 g/mol. The van der Waals surface area contributed by atoms with E-state index in [1.165, 1.54) is 5.56 Å². The van der Waals surface area contributed by atoms with E-state index >= 15 is 0 Å². The number of aromatic nitrogens is 2. The minimum atomic E-state index is -0.908. The van der Waals surface area contributed by atoms with Crippen molar-refractivity contribution in [2.45, 2.75) is 39.8 Å². The maximum absolute atomic E-state index is 11.6. The lowest BCUT2D eigenvalue weighted by molar-refractivity contribution is -0.129. The molecule has 1 rings (SSSR count). The summed E-state index contributed by atoms with van der Waals surface area (Å²) in [4.78, 5) is 11.6. The maximum Gasteiger partial charge on any atom is 0.248 e. The summed E-state index contributed by atoms with van der Waals surface area (Å²) in [6.07, 6.45) is 1.54. The van der Waals surface area contributed by atoms with Crippen LogP contribution in [-0.2, 0) is 11.3 Å². The number of nitrogens with one attached hydrogen (secondary N) is 1. The molecule has 0 aliphatic heterocycles. The maximum atomic E-state index is 11.6. The van der Waals surface area contributed by atoms with E-state index in [1.54, 1.807) is 11.8 Å². The SMILES string of the molecule is CSCCC(O)C(=O)NCCn1nc(C)c(C)c1C. The number of nitrogens with zero attached hydrogens (tertiary/aromatic N) is 2. The molecule has 5 nitrogen and oxygen atoms in total. The van der Waals surface area contributed by atoms with E-state index in [4.69, 9.17) is 0 Å². The third-order valence-electron chi connectivity index (χ3n) is 3.26. The van der Waals surface area contributed by atoms with Gasteiger partial charge in [0.2, 0.25) is 5.91 Å². The van der Waals surface area contributed by atoms with Crippen molar-refractivity contribution in [3.05, 3.63) is 17.0 Å². The van der Waals surface area contributed by atoms with Gasteiger partial charge in [-0.25, -0.2) is 0 Å². The molecular formula is C13H23N3O2S. The van der Waals surface area contributed by atoms with Gasteiger partial charge in [0.05, 0.1) is 12.2 Å². The van der Waals surface area contributed by atoms with Crippen molar-refractivity contribution in [2.75, 3.05) is 18.6 Å². The largest absolute Gasteiger partial charge is 0.383 e. The molecule has 0 saturated carbocycles. The molecule has 0 aromatic carbocycles. The molecule has 0 bridgehead atoms. The van der Waals surface area contributed by atoms with Crippen LogP contribution in [-0.4, -0.2) is 45.5 Å². The molecule has 1 amide bonds. The Morgan fingerprint density at radius 2 is 2.16 bits per heavy atom. The third-order valence-corrected chi connectivity index (χ3v) is 3.91. The van der Waals surface area contributed by atoms with Gasteiger partial charge in [-0.1, -0.05) is 0 Å². The smallest absolute Gasteiger partial charge is 0.248 e. The predicted molar refractivity (Wildman–Crippen MR) is 78.5 cm³/mol. The number of amides is 1. The fraction of sp³-hybridized carbons (Fsp3) is 0.692. The van der Waals surface area contributed by atoms with Gasteiger partial charge < -0.3 is 10.4 Å². The van der Waals surface area contributed by atoms with Crippen molar-refractivity contribution in [1.82, 2.24) is 15.1 Å². The van der Waals surface area contributed by atoms with Crippen molar-refractivity contribution in [3.63, 3.8) is 0 Å². The second kappa shape index (κ2) is 7.55. The van der Waals surface area contributed by atoms with Crippen molar-refractivity contribution in [2.24, 2.45) is 0 Å². The summed E-state index contributed by atoms with van der Waals surface area (Å²) >= 11 is 1.62. The Morgan fingerprint density at radius 3 is 2.68 bits per heavy atom. The number of aliphatic hydroxyl groups is 1. The van der Waals surface area contributed by atoms with Crippen LogP contribution in [0.3, 0.4) is 0 Å². The molecule has 19 heavy (non-hydrogen) atoms. The molecule has 0 aliphatic rings. The van der Waals surface area contributed by atoms with Gasteiger partial charge in [-0.15, -0.1) is 0 Å². The second-order valence-corrected chi connectivity index (χ2v) is 5.59. The Kier molecular flexibility index (Phi) is 6.37. The van der Waals surface area contributed by atoms with Crippen molar-refractivity contribution < 1.29 is 9.90 Å². The number of hydrogen-bond acceptors (Lipinski definition) is 4. The highest BCUT2D eigenvalue weighted by Crippen LogP contribution is 2.10. The summed E-state index contributed by atoms with van der Waals surface area (Å²) in [5.41, 5.74) is 3.32. The predicted octanol–water partition coefficient (Wildman–Crippen LogP) is 1.04. The zero-order valence-corrected chi connectivity index (χ0v) is 12.9. The van der Waals surface area contributed by atoms with Crippen LogP contribution in [0.2, 0.25) is 0 Å². The van der Waals surface area contributed by atoms with E-state index in [9.17, 15) is 9.90 Å². The molecule has 108 valence electrons. The topological polar surface area (TPSA) is 67.2 Å². The number of rotatable bonds is 7. The van der Waals surface area contributed by atoms with Crippen LogP contribution in [0.25, 0.3) is 0 Å². The highest BCUT2D eigenvalue weighted by atomic mass is 32.2. The molecule has 1 aromatic heterocycles. The van der Waals surface area contributed by atoms with Gasteiger partial charge in [0, 0.05) is 12.2 Å². The summed E-state index contributed by atoms with van der Waals surface area (Å²) < 4.78 is 1.89. The van der Waals surface area contributed by atoms with Crippen LogP contribution >= 0.6 is 11.8 Å². The minimum absolute atomic E-state index is 0.299. The Morgan fingerprint density at radius 1 is 1.47 bits per heavy atom.